The first-order valence-corrected chi connectivity index (χ1v) is 10.3. The van der Waals surface area contributed by atoms with Crippen LogP contribution in [0.15, 0.2) is 30.3 Å². The Bertz CT molecular complexity index is 592. The summed E-state index contributed by atoms with van der Waals surface area (Å²) in [5, 5.41) is 2.04. The minimum Gasteiger partial charge on any atom is -0.490 e. The van der Waals surface area contributed by atoms with Gasteiger partial charge in [-0.3, -0.25) is 4.84 Å². The summed E-state index contributed by atoms with van der Waals surface area (Å²) in [5.74, 6) is 1.85. The summed E-state index contributed by atoms with van der Waals surface area (Å²) in [7, 11) is 0. The molecule has 3 heteroatoms. The molecule has 0 unspecified atom stereocenters. The van der Waals surface area contributed by atoms with Crippen LogP contribution in [0.2, 0.25) is 0 Å². The summed E-state index contributed by atoms with van der Waals surface area (Å²) in [4.78, 5) is 5.57. The first kappa shape index (κ1) is 19.4. The van der Waals surface area contributed by atoms with Gasteiger partial charge >= 0.3 is 0 Å². The van der Waals surface area contributed by atoms with E-state index in [1.807, 2.05) is 12.0 Å². The number of hydroxylamine groups is 2. The SMILES string of the molecule is CCON1CC=C(c2ccc(O[C@H]3CC[C@H](C(C)(C)C)CC3)cc2)CC1. The molecule has 0 radical (unpaired) electrons. The summed E-state index contributed by atoms with van der Waals surface area (Å²) in [6.07, 6.45) is 8.64. The zero-order chi connectivity index (χ0) is 18.6. The first-order valence-electron chi connectivity index (χ1n) is 10.3. The molecule has 2 aliphatic rings. The predicted molar refractivity (Wildman–Crippen MR) is 108 cm³/mol. The van der Waals surface area contributed by atoms with Crippen LogP contribution in [0.3, 0.4) is 0 Å². The Kier molecular flexibility index (Phi) is 6.42. The van der Waals surface area contributed by atoms with Crippen molar-refractivity contribution < 1.29 is 9.57 Å². The normalized spacial score (nSPS) is 25.0. The molecule has 0 atom stereocenters. The summed E-state index contributed by atoms with van der Waals surface area (Å²) in [6, 6.07) is 8.69. The molecule has 1 aromatic rings. The van der Waals surface area contributed by atoms with E-state index < -0.39 is 0 Å². The largest absolute Gasteiger partial charge is 0.490 e. The molecule has 0 amide bonds. The second-order valence-electron chi connectivity index (χ2n) is 8.77. The molecule has 0 saturated heterocycles. The van der Waals surface area contributed by atoms with E-state index in [4.69, 9.17) is 9.57 Å². The highest BCUT2D eigenvalue weighted by molar-refractivity contribution is 5.67. The summed E-state index contributed by atoms with van der Waals surface area (Å²) >= 11 is 0. The maximum Gasteiger partial charge on any atom is 0.119 e. The van der Waals surface area contributed by atoms with Crippen LogP contribution in [0.1, 0.15) is 65.4 Å². The average molecular weight is 358 g/mol. The summed E-state index contributed by atoms with van der Waals surface area (Å²) in [5.41, 5.74) is 3.15. The maximum atomic E-state index is 6.26. The number of hydrogen-bond acceptors (Lipinski definition) is 3. The van der Waals surface area contributed by atoms with Gasteiger partial charge in [-0.1, -0.05) is 39.0 Å². The van der Waals surface area contributed by atoms with Crippen LogP contribution in [0.4, 0.5) is 0 Å². The molecule has 0 N–H and O–H groups in total. The van der Waals surface area contributed by atoms with Crippen molar-refractivity contribution in [3.63, 3.8) is 0 Å². The number of nitrogens with zero attached hydrogens (tertiary/aromatic N) is 1. The van der Waals surface area contributed by atoms with E-state index in [0.717, 1.165) is 37.8 Å². The van der Waals surface area contributed by atoms with Gasteiger partial charge in [-0.2, -0.15) is 5.06 Å². The van der Waals surface area contributed by atoms with E-state index in [0.29, 0.717) is 11.5 Å². The Morgan fingerprint density at radius 1 is 1.04 bits per heavy atom. The highest BCUT2D eigenvalue weighted by Gasteiger charge is 2.30. The molecule has 0 spiro atoms. The smallest absolute Gasteiger partial charge is 0.119 e. The van der Waals surface area contributed by atoms with Crippen molar-refractivity contribution >= 4 is 5.57 Å². The lowest BCUT2D eigenvalue weighted by Crippen LogP contribution is -2.30. The van der Waals surface area contributed by atoms with Gasteiger partial charge in [0.2, 0.25) is 0 Å². The van der Waals surface area contributed by atoms with Gasteiger partial charge in [-0.15, -0.1) is 0 Å². The van der Waals surface area contributed by atoms with E-state index in [1.165, 1.54) is 36.8 Å². The topological polar surface area (TPSA) is 21.7 Å². The summed E-state index contributed by atoms with van der Waals surface area (Å²) in [6.45, 7) is 11.7. The molecule has 144 valence electrons. The summed E-state index contributed by atoms with van der Waals surface area (Å²) < 4.78 is 6.26. The van der Waals surface area contributed by atoms with Crippen molar-refractivity contribution in [2.24, 2.45) is 11.3 Å². The molecule has 3 nitrogen and oxygen atoms in total. The molecule has 26 heavy (non-hydrogen) atoms. The van der Waals surface area contributed by atoms with Crippen LogP contribution in [-0.2, 0) is 4.84 Å². The van der Waals surface area contributed by atoms with E-state index in [-0.39, 0.29) is 0 Å². The van der Waals surface area contributed by atoms with Gasteiger partial charge in [0, 0.05) is 13.1 Å². The highest BCUT2D eigenvalue weighted by Crippen LogP contribution is 2.38. The van der Waals surface area contributed by atoms with Crippen LogP contribution in [0, 0.1) is 11.3 Å². The third kappa shape index (κ3) is 5.11. The predicted octanol–water partition coefficient (Wildman–Crippen LogP) is 5.71. The molecule has 1 saturated carbocycles. The Morgan fingerprint density at radius 3 is 2.27 bits per heavy atom. The van der Waals surface area contributed by atoms with E-state index in [9.17, 15) is 0 Å². The second-order valence-corrected chi connectivity index (χ2v) is 8.77. The van der Waals surface area contributed by atoms with Crippen LogP contribution in [0.5, 0.6) is 5.75 Å². The van der Waals surface area contributed by atoms with E-state index in [1.54, 1.807) is 0 Å². The quantitative estimate of drug-likeness (QED) is 0.673. The monoisotopic (exact) mass is 357 g/mol. The molecule has 0 bridgehead atoms. The van der Waals surface area contributed by atoms with Gasteiger partial charge in [-0.05, 0) is 73.6 Å². The first-order chi connectivity index (χ1) is 12.5. The molecular formula is C23H35NO2. The van der Waals surface area contributed by atoms with Gasteiger partial charge < -0.3 is 4.74 Å². The number of ether oxygens (including phenoxy) is 1. The van der Waals surface area contributed by atoms with Gasteiger partial charge in [0.05, 0.1) is 12.7 Å². The van der Waals surface area contributed by atoms with Crippen molar-refractivity contribution in [3.8, 4) is 5.75 Å². The van der Waals surface area contributed by atoms with Crippen LogP contribution < -0.4 is 4.74 Å². The molecule has 1 aliphatic carbocycles. The number of rotatable bonds is 5. The lowest BCUT2D eigenvalue weighted by molar-refractivity contribution is -0.147. The zero-order valence-electron chi connectivity index (χ0n) is 17.0. The highest BCUT2D eigenvalue weighted by atomic mass is 16.7. The molecule has 0 aromatic heterocycles. The fourth-order valence-electron chi connectivity index (χ4n) is 4.20. The zero-order valence-corrected chi connectivity index (χ0v) is 17.0. The standard InChI is InChI=1S/C23H35NO2/c1-5-25-24-16-14-19(15-17-24)18-6-10-21(11-7-18)26-22-12-8-20(9-13-22)23(2,3)4/h6-7,10-11,14,20,22H,5,8-9,12-13,15-17H2,1-4H3/t20-,22-. The van der Waals surface area contributed by atoms with Gasteiger partial charge in [0.1, 0.15) is 5.75 Å². The Labute approximate surface area is 159 Å². The lowest BCUT2D eigenvalue weighted by atomic mass is 9.72. The van der Waals surface area contributed by atoms with Crippen LogP contribution >= 0.6 is 0 Å². The molecule has 1 aliphatic heterocycles. The molecule has 3 rings (SSSR count). The molecule has 1 fully saturated rings. The average Bonchev–Trinajstić information content (AvgIpc) is 2.63. The maximum absolute atomic E-state index is 6.26. The third-order valence-electron chi connectivity index (χ3n) is 5.91. The van der Waals surface area contributed by atoms with E-state index in [2.05, 4.69) is 51.1 Å². The third-order valence-corrected chi connectivity index (χ3v) is 5.91. The number of hydrogen-bond donors (Lipinski definition) is 0. The van der Waals surface area contributed by atoms with Crippen molar-refractivity contribution in [2.75, 3.05) is 19.7 Å². The Balaban J connectivity index is 1.51. The fraction of sp³-hybridized carbons (Fsp3) is 0.652. The fourth-order valence-corrected chi connectivity index (χ4v) is 4.20. The molecular weight excluding hydrogens is 322 g/mol. The van der Waals surface area contributed by atoms with Crippen molar-refractivity contribution in [1.82, 2.24) is 5.06 Å². The lowest BCUT2D eigenvalue weighted by Gasteiger charge is -2.37. The van der Waals surface area contributed by atoms with Crippen molar-refractivity contribution in [1.29, 1.82) is 0 Å². The van der Waals surface area contributed by atoms with E-state index >= 15 is 0 Å². The Morgan fingerprint density at radius 2 is 1.73 bits per heavy atom. The van der Waals surface area contributed by atoms with Crippen molar-refractivity contribution in [2.45, 2.75) is 65.9 Å². The molecule has 1 heterocycles. The second kappa shape index (κ2) is 8.58. The van der Waals surface area contributed by atoms with Gasteiger partial charge in [0.15, 0.2) is 0 Å². The minimum atomic E-state index is 0.382. The number of benzene rings is 1. The minimum absolute atomic E-state index is 0.382. The Hall–Kier alpha value is -1.32. The van der Waals surface area contributed by atoms with Crippen molar-refractivity contribution in [3.05, 3.63) is 35.9 Å². The van der Waals surface area contributed by atoms with Crippen LogP contribution in [0.25, 0.3) is 5.57 Å². The van der Waals surface area contributed by atoms with Gasteiger partial charge in [0.25, 0.3) is 0 Å². The van der Waals surface area contributed by atoms with Gasteiger partial charge in [-0.25, -0.2) is 0 Å². The molecule has 1 aromatic carbocycles. The van der Waals surface area contributed by atoms with Crippen LogP contribution in [-0.4, -0.2) is 30.9 Å².